The van der Waals surface area contributed by atoms with Gasteiger partial charge < -0.3 is 16.4 Å². The lowest BCUT2D eigenvalue weighted by Gasteiger charge is -2.16. The Kier molecular flexibility index (Phi) is 3.89. The molecule has 6 nitrogen and oxygen atoms in total. The van der Waals surface area contributed by atoms with E-state index in [-0.39, 0.29) is 12.3 Å². The van der Waals surface area contributed by atoms with E-state index in [1.54, 1.807) is 0 Å². The predicted octanol–water partition coefficient (Wildman–Crippen LogP) is -1.74. The Morgan fingerprint density at radius 3 is 2.81 bits per heavy atom. The first kappa shape index (κ1) is 12.0. The standard InChI is InChI=1S/C10H13N3O3/c1-2-3-6(9(11)15)13-10(16)7-4-5-8(14)12-7/h1,6-7H,3-5H2,(H2,11,15)(H,12,14)(H,13,16)/t6-,7-/m1/s1. The zero-order valence-electron chi connectivity index (χ0n) is 8.66. The highest BCUT2D eigenvalue weighted by molar-refractivity contribution is 5.93. The van der Waals surface area contributed by atoms with Gasteiger partial charge in [0.25, 0.3) is 0 Å². The van der Waals surface area contributed by atoms with Crippen molar-refractivity contribution in [3.8, 4) is 12.3 Å². The maximum atomic E-state index is 11.6. The van der Waals surface area contributed by atoms with Gasteiger partial charge in [-0.05, 0) is 6.42 Å². The summed E-state index contributed by atoms with van der Waals surface area (Å²) in [6.45, 7) is 0. The first-order valence-electron chi connectivity index (χ1n) is 4.87. The Balaban J connectivity index is 2.52. The second-order valence-electron chi connectivity index (χ2n) is 3.53. The molecule has 0 spiro atoms. The Hall–Kier alpha value is -2.03. The summed E-state index contributed by atoms with van der Waals surface area (Å²) in [6, 6.07) is -1.47. The summed E-state index contributed by atoms with van der Waals surface area (Å²) in [7, 11) is 0. The molecule has 1 saturated heterocycles. The first-order chi connectivity index (χ1) is 7.54. The second kappa shape index (κ2) is 5.16. The largest absolute Gasteiger partial charge is 0.368 e. The number of hydrogen-bond acceptors (Lipinski definition) is 3. The summed E-state index contributed by atoms with van der Waals surface area (Å²) in [5.41, 5.74) is 5.06. The highest BCUT2D eigenvalue weighted by Gasteiger charge is 2.29. The molecule has 2 atom stereocenters. The van der Waals surface area contributed by atoms with Gasteiger partial charge >= 0.3 is 0 Å². The molecule has 0 aromatic carbocycles. The Morgan fingerprint density at radius 2 is 2.38 bits per heavy atom. The van der Waals surface area contributed by atoms with E-state index < -0.39 is 23.9 Å². The van der Waals surface area contributed by atoms with E-state index in [0.29, 0.717) is 12.8 Å². The van der Waals surface area contributed by atoms with Crippen molar-refractivity contribution in [2.24, 2.45) is 5.73 Å². The topological polar surface area (TPSA) is 101 Å². The van der Waals surface area contributed by atoms with Gasteiger partial charge in [-0.25, -0.2) is 0 Å². The van der Waals surface area contributed by atoms with E-state index in [4.69, 9.17) is 12.2 Å². The van der Waals surface area contributed by atoms with Crippen LogP contribution < -0.4 is 16.4 Å². The monoisotopic (exact) mass is 223 g/mol. The summed E-state index contributed by atoms with van der Waals surface area (Å²) in [5.74, 6) is 0.967. The van der Waals surface area contributed by atoms with Gasteiger partial charge in [-0.3, -0.25) is 14.4 Å². The molecule has 0 unspecified atom stereocenters. The maximum absolute atomic E-state index is 11.6. The second-order valence-corrected chi connectivity index (χ2v) is 3.53. The quantitative estimate of drug-likeness (QED) is 0.493. The smallest absolute Gasteiger partial charge is 0.243 e. The third-order valence-corrected chi connectivity index (χ3v) is 2.29. The molecule has 0 aliphatic carbocycles. The van der Waals surface area contributed by atoms with Crippen molar-refractivity contribution in [2.45, 2.75) is 31.3 Å². The van der Waals surface area contributed by atoms with E-state index in [1.165, 1.54) is 0 Å². The van der Waals surface area contributed by atoms with Crippen molar-refractivity contribution in [3.05, 3.63) is 0 Å². The average Bonchev–Trinajstić information content (AvgIpc) is 2.64. The number of rotatable bonds is 4. The molecule has 16 heavy (non-hydrogen) atoms. The highest BCUT2D eigenvalue weighted by atomic mass is 16.2. The number of nitrogens with one attached hydrogen (secondary N) is 2. The van der Waals surface area contributed by atoms with Crippen LogP contribution >= 0.6 is 0 Å². The molecule has 1 rings (SSSR count). The molecule has 1 heterocycles. The number of carbonyl (C=O) groups excluding carboxylic acids is 3. The molecule has 0 saturated carbocycles. The van der Waals surface area contributed by atoms with Crippen molar-refractivity contribution in [1.29, 1.82) is 0 Å². The van der Waals surface area contributed by atoms with Gasteiger partial charge in [0, 0.05) is 12.8 Å². The van der Waals surface area contributed by atoms with Crippen molar-refractivity contribution >= 4 is 17.7 Å². The summed E-state index contributed by atoms with van der Waals surface area (Å²) in [5, 5.41) is 4.89. The lowest BCUT2D eigenvalue weighted by molar-refractivity contribution is -0.129. The summed E-state index contributed by atoms with van der Waals surface area (Å²) in [6.07, 6.45) is 5.82. The van der Waals surface area contributed by atoms with Crippen LogP contribution in [0.2, 0.25) is 0 Å². The summed E-state index contributed by atoms with van der Waals surface area (Å²) >= 11 is 0. The molecule has 1 aliphatic rings. The van der Waals surface area contributed by atoms with Crippen LogP contribution in [0.5, 0.6) is 0 Å². The number of carbonyl (C=O) groups is 3. The minimum Gasteiger partial charge on any atom is -0.368 e. The van der Waals surface area contributed by atoms with E-state index in [2.05, 4.69) is 16.6 Å². The van der Waals surface area contributed by atoms with Crippen LogP contribution in [0.4, 0.5) is 0 Å². The summed E-state index contributed by atoms with van der Waals surface area (Å²) < 4.78 is 0. The fraction of sp³-hybridized carbons (Fsp3) is 0.500. The van der Waals surface area contributed by atoms with Crippen LogP contribution in [-0.4, -0.2) is 29.8 Å². The van der Waals surface area contributed by atoms with Gasteiger partial charge in [-0.1, -0.05) is 0 Å². The van der Waals surface area contributed by atoms with Gasteiger partial charge in [0.1, 0.15) is 12.1 Å². The zero-order valence-corrected chi connectivity index (χ0v) is 8.66. The van der Waals surface area contributed by atoms with Crippen molar-refractivity contribution in [3.63, 3.8) is 0 Å². The van der Waals surface area contributed by atoms with Crippen LogP contribution in [0.1, 0.15) is 19.3 Å². The fourth-order valence-corrected chi connectivity index (χ4v) is 1.42. The molecule has 0 aromatic rings. The minimum absolute atomic E-state index is 0.0434. The third-order valence-electron chi connectivity index (χ3n) is 2.29. The molecule has 86 valence electrons. The van der Waals surface area contributed by atoms with Crippen LogP contribution in [0.3, 0.4) is 0 Å². The fourth-order valence-electron chi connectivity index (χ4n) is 1.42. The molecule has 4 N–H and O–H groups in total. The Morgan fingerprint density at radius 1 is 1.69 bits per heavy atom. The van der Waals surface area contributed by atoms with Gasteiger partial charge in [0.2, 0.25) is 17.7 Å². The molecular formula is C10H13N3O3. The van der Waals surface area contributed by atoms with E-state index >= 15 is 0 Å². The minimum atomic E-state index is -0.880. The summed E-state index contributed by atoms with van der Waals surface area (Å²) in [4.78, 5) is 33.4. The van der Waals surface area contributed by atoms with Crippen molar-refractivity contribution in [2.75, 3.05) is 0 Å². The van der Waals surface area contributed by atoms with Gasteiger partial charge in [0.05, 0.1) is 0 Å². The van der Waals surface area contributed by atoms with Gasteiger partial charge in [-0.2, -0.15) is 0 Å². The van der Waals surface area contributed by atoms with Crippen LogP contribution in [0.25, 0.3) is 0 Å². The third kappa shape index (κ3) is 2.98. The number of nitrogens with two attached hydrogens (primary N) is 1. The first-order valence-corrected chi connectivity index (χ1v) is 4.87. The molecule has 6 heteroatoms. The Labute approximate surface area is 92.9 Å². The SMILES string of the molecule is C#CC[C@@H](NC(=O)[C@H]1CCC(=O)N1)C(N)=O. The molecule has 0 aromatic heterocycles. The van der Waals surface area contributed by atoms with E-state index in [1.807, 2.05) is 0 Å². The number of terminal acetylenes is 1. The average molecular weight is 223 g/mol. The van der Waals surface area contributed by atoms with Crippen LogP contribution in [-0.2, 0) is 14.4 Å². The van der Waals surface area contributed by atoms with E-state index in [0.717, 1.165) is 0 Å². The van der Waals surface area contributed by atoms with Crippen LogP contribution in [0, 0.1) is 12.3 Å². The Bertz CT molecular complexity index is 359. The molecule has 1 aliphatic heterocycles. The van der Waals surface area contributed by atoms with Crippen molar-refractivity contribution in [1.82, 2.24) is 10.6 Å². The number of amides is 3. The number of primary amides is 1. The van der Waals surface area contributed by atoms with Gasteiger partial charge in [-0.15, -0.1) is 12.3 Å². The molecular weight excluding hydrogens is 210 g/mol. The van der Waals surface area contributed by atoms with E-state index in [9.17, 15) is 14.4 Å². The lowest BCUT2D eigenvalue weighted by atomic mass is 10.1. The van der Waals surface area contributed by atoms with Gasteiger partial charge in [0.15, 0.2) is 0 Å². The highest BCUT2D eigenvalue weighted by Crippen LogP contribution is 2.06. The zero-order chi connectivity index (χ0) is 12.1. The maximum Gasteiger partial charge on any atom is 0.243 e. The molecule has 3 amide bonds. The molecule has 1 fully saturated rings. The lowest BCUT2D eigenvalue weighted by Crippen LogP contribution is -2.50. The predicted molar refractivity (Wildman–Crippen MR) is 55.7 cm³/mol. The molecule has 0 radical (unpaired) electrons. The van der Waals surface area contributed by atoms with Crippen LogP contribution in [0.15, 0.2) is 0 Å². The molecule has 0 bridgehead atoms. The normalized spacial score (nSPS) is 20.7. The van der Waals surface area contributed by atoms with Crippen molar-refractivity contribution < 1.29 is 14.4 Å². The number of hydrogen-bond donors (Lipinski definition) is 3.